The Morgan fingerprint density at radius 3 is 2.58 bits per heavy atom. The summed E-state index contributed by atoms with van der Waals surface area (Å²) >= 11 is 6.07. The summed E-state index contributed by atoms with van der Waals surface area (Å²) in [5, 5.41) is 12.2. The highest BCUT2D eigenvalue weighted by Gasteiger charge is 2.19. The molecule has 6 heteroatoms. The highest BCUT2D eigenvalue weighted by Crippen LogP contribution is 2.29. The minimum atomic E-state index is -1.06. The van der Waals surface area contributed by atoms with Crippen LogP contribution in [0, 0.1) is 0 Å². The van der Waals surface area contributed by atoms with Gasteiger partial charge in [-0.2, -0.15) is 0 Å². The van der Waals surface area contributed by atoms with E-state index in [1.807, 2.05) is 13.8 Å². The second-order valence-corrected chi connectivity index (χ2v) is 4.32. The maximum Gasteiger partial charge on any atom is 0.337 e. The van der Waals surface area contributed by atoms with Gasteiger partial charge in [0.2, 0.25) is 5.91 Å². The van der Waals surface area contributed by atoms with Gasteiger partial charge in [0.15, 0.2) is 0 Å². The van der Waals surface area contributed by atoms with E-state index in [1.54, 1.807) is 17.0 Å². The molecule has 0 aliphatic heterocycles. The number of nitrogens with one attached hydrogen (secondary N) is 1. The SMILES string of the molecule is CCNC(=O)CN(CC)c1c(Cl)cccc1C(=O)O. The van der Waals surface area contributed by atoms with Crippen molar-refractivity contribution in [1.82, 2.24) is 5.32 Å². The molecule has 19 heavy (non-hydrogen) atoms. The zero-order valence-electron chi connectivity index (χ0n) is 10.9. The first-order valence-corrected chi connectivity index (χ1v) is 6.42. The van der Waals surface area contributed by atoms with Crippen molar-refractivity contribution < 1.29 is 14.7 Å². The van der Waals surface area contributed by atoms with E-state index in [0.717, 1.165) is 0 Å². The fraction of sp³-hybridized carbons (Fsp3) is 0.385. The number of aromatic carboxylic acids is 1. The summed E-state index contributed by atoms with van der Waals surface area (Å²) in [7, 11) is 0. The van der Waals surface area contributed by atoms with Crippen LogP contribution in [0.3, 0.4) is 0 Å². The Balaban J connectivity index is 3.10. The minimum Gasteiger partial charge on any atom is -0.478 e. The average molecular weight is 285 g/mol. The van der Waals surface area contributed by atoms with Gasteiger partial charge in [0.05, 0.1) is 22.8 Å². The third-order valence-corrected chi connectivity index (χ3v) is 2.93. The molecule has 1 amide bonds. The fourth-order valence-electron chi connectivity index (χ4n) is 1.78. The molecule has 0 bridgehead atoms. The van der Waals surface area contributed by atoms with E-state index < -0.39 is 5.97 Å². The summed E-state index contributed by atoms with van der Waals surface area (Å²) in [4.78, 5) is 24.5. The molecular formula is C13H17ClN2O3. The molecule has 1 aromatic carbocycles. The molecule has 0 heterocycles. The molecule has 1 rings (SSSR count). The molecule has 0 saturated heterocycles. The van der Waals surface area contributed by atoms with Gasteiger partial charge >= 0.3 is 5.97 Å². The first-order chi connectivity index (χ1) is 9.01. The van der Waals surface area contributed by atoms with Crippen molar-refractivity contribution in [1.29, 1.82) is 0 Å². The molecule has 2 N–H and O–H groups in total. The molecule has 0 atom stereocenters. The highest BCUT2D eigenvalue weighted by molar-refractivity contribution is 6.34. The lowest BCUT2D eigenvalue weighted by molar-refractivity contribution is -0.119. The molecule has 104 valence electrons. The predicted octanol–water partition coefficient (Wildman–Crippen LogP) is 2.00. The number of carboxylic acid groups (broad SMARTS) is 1. The number of hydrogen-bond donors (Lipinski definition) is 2. The van der Waals surface area contributed by atoms with Crippen molar-refractivity contribution in [3.8, 4) is 0 Å². The third-order valence-electron chi connectivity index (χ3n) is 2.62. The fourth-order valence-corrected chi connectivity index (χ4v) is 2.08. The van der Waals surface area contributed by atoms with Gasteiger partial charge in [-0.25, -0.2) is 4.79 Å². The van der Waals surface area contributed by atoms with Crippen LogP contribution in [0.15, 0.2) is 18.2 Å². The lowest BCUT2D eigenvalue weighted by Gasteiger charge is -2.25. The number of likely N-dealkylation sites (N-methyl/N-ethyl adjacent to an activating group) is 2. The van der Waals surface area contributed by atoms with Crippen molar-refractivity contribution >= 4 is 29.2 Å². The first-order valence-electron chi connectivity index (χ1n) is 6.04. The number of carbonyl (C=O) groups excluding carboxylic acids is 1. The summed E-state index contributed by atoms with van der Waals surface area (Å²) < 4.78 is 0. The predicted molar refractivity (Wildman–Crippen MR) is 75.0 cm³/mol. The average Bonchev–Trinajstić information content (AvgIpc) is 2.36. The van der Waals surface area contributed by atoms with Crippen LogP contribution in [0.2, 0.25) is 5.02 Å². The number of carbonyl (C=O) groups is 2. The Kier molecular flexibility index (Phi) is 5.63. The molecule has 0 aliphatic carbocycles. The summed E-state index contributed by atoms with van der Waals surface area (Å²) in [5.74, 6) is -1.23. The van der Waals surface area contributed by atoms with Gasteiger partial charge in [0.1, 0.15) is 0 Å². The second kappa shape index (κ2) is 6.99. The van der Waals surface area contributed by atoms with E-state index in [4.69, 9.17) is 11.6 Å². The van der Waals surface area contributed by atoms with Crippen molar-refractivity contribution in [2.45, 2.75) is 13.8 Å². The largest absolute Gasteiger partial charge is 0.478 e. The number of nitrogens with zero attached hydrogens (tertiary/aromatic N) is 1. The molecule has 0 spiro atoms. The molecule has 0 saturated carbocycles. The van der Waals surface area contributed by atoms with E-state index in [1.165, 1.54) is 6.07 Å². The molecule has 0 radical (unpaired) electrons. The Morgan fingerprint density at radius 1 is 1.37 bits per heavy atom. The van der Waals surface area contributed by atoms with Crippen LogP contribution in [0.4, 0.5) is 5.69 Å². The van der Waals surface area contributed by atoms with Gasteiger partial charge in [-0.15, -0.1) is 0 Å². The van der Waals surface area contributed by atoms with Gasteiger partial charge in [-0.1, -0.05) is 17.7 Å². The quantitative estimate of drug-likeness (QED) is 0.838. The molecule has 0 aromatic heterocycles. The third kappa shape index (κ3) is 3.86. The summed E-state index contributed by atoms with van der Waals surface area (Å²) in [5.41, 5.74) is 0.476. The molecule has 0 unspecified atom stereocenters. The number of para-hydroxylation sites is 1. The molecule has 0 aliphatic rings. The smallest absolute Gasteiger partial charge is 0.337 e. The van der Waals surface area contributed by atoms with Crippen LogP contribution < -0.4 is 10.2 Å². The number of halogens is 1. The van der Waals surface area contributed by atoms with E-state index in [-0.39, 0.29) is 18.0 Å². The van der Waals surface area contributed by atoms with Gasteiger partial charge in [-0.3, -0.25) is 4.79 Å². The summed E-state index contributed by atoms with van der Waals surface area (Å²) in [6, 6.07) is 4.67. The number of anilines is 1. The number of rotatable bonds is 6. The molecule has 5 nitrogen and oxygen atoms in total. The van der Waals surface area contributed by atoms with Crippen LogP contribution >= 0.6 is 11.6 Å². The van der Waals surface area contributed by atoms with Gasteiger partial charge in [0.25, 0.3) is 0 Å². The molecular weight excluding hydrogens is 268 g/mol. The van der Waals surface area contributed by atoms with Gasteiger partial charge < -0.3 is 15.3 Å². The van der Waals surface area contributed by atoms with Crippen LogP contribution in [-0.4, -0.2) is 36.6 Å². The van der Waals surface area contributed by atoms with Crippen LogP contribution in [0.1, 0.15) is 24.2 Å². The number of benzene rings is 1. The van der Waals surface area contributed by atoms with E-state index >= 15 is 0 Å². The van der Waals surface area contributed by atoms with Crippen molar-refractivity contribution in [3.05, 3.63) is 28.8 Å². The van der Waals surface area contributed by atoms with Crippen molar-refractivity contribution in [2.75, 3.05) is 24.5 Å². The molecule has 0 fully saturated rings. The maximum absolute atomic E-state index is 11.6. The van der Waals surface area contributed by atoms with Crippen LogP contribution in [-0.2, 0) is 4.79 Å². The summed E-state index contributed by atoms with van der Waals surface area (Å²) in [6.45, 7) is 4.76. The van der Waals surface area contributed by atoms with Crippen LogP contribution in [0.5, 0.6) is 0 Å². The van der Waals surface area contributed by atoms with Gasteiger partial charge in [0, 0.05) is 13.1 Å². The number of amides is 1. The van der Waals surface area contributed by atoms with Crippen molar-refractivity contribution in [3.63, 3.8) is 0 Å². The second-order valence-electron chi connectivity index (χ2n) is 3.91. The number of carboxylic acids is 1. The normalized spacial score (nSPS) is 10.1. The Morgan fingerprint density at radius 2 is 2.05 bits per heavy atom. The monoisotopic (exact) mass is 284 g/mol. The zero-order chi connectivity index (χ0) is 14.4. The summed E-state index contributed by atoms with van der Waals surface area (Å²) in [6.07, 6.45) is 0. The van der Waals surface area contributed by atoms with Crippen LogP contribution in [0.25, 0.3) is 0 Å². The minimum absolute atomic E-state index is 0.0777. The lowest BCUT2D eigenvalue weighted by atomic mass is 10.1. The highest BCUT2D eigenvalue weighted by atomic mass is 35.5. The Hall–Kier alpha value is -1.75. The topological polar surface area (TPSA) is 69.6 Å². The Bertz CT molecular complexity index is 477. The first kappa shape index (κ1) is 15.3. The van der Waals surface area contributed by atoms with E-state index in [2.05, 4.69) is 5.32 Å². The van der Waals surface area contributed by atoms with Crippen molar-refractivity contribution in [2.24, 2.45) is 0 Å². The maximum atomic E-state index is 11.6. The lowest BCUT2D eigenvalue weighted by Crippen LogP contribution is -2.37. The molecule has 1 aromatic rings. The standard InChI is InChI=1S/C13H17ClN2O3/c1-3-15-11(17)8-16(4-2)12-9(13(18)19)6-5-7-10(12)14/h5-7H,3-4,8H2,1-2H3,(H,15,17)(H,18,19). The van der Waals surface area contributed by atoms with E-state index in [0.29, 0.717) is 23.8 Å². The zero-order valence-corrected chi connectivity index (χ0v) is 11.7. The van der Waals surface area contributed by atoms with E-state index in [9.17, 15) is 14.7 Å². The number of hydrogen-bond acceptors (Lipinski definition) is 3. The Labute approximate surface area is 117 Å². The van der Waals surface area contributed by atoms with Gasteiger partial charge in [-0.05, 0) is 26.0 Å².